The Kier molecular flexibility index (Phi) is 4.39. The molecule has 0 radical (unpaired) electrons. The molecule has 144 valence electrons. The fourth-order valence-electron chi connectivity index (χ4n) is 4.30. The number of rotatable bonds is 3. The van der Waals surface area contributed by atoms with Gasteiger partial charge in [0.05, 0.1) is 35.2 Å². The van der Waals surface area contributed by atoms with Crippen LogP contribution in [-0.2, 0) is 16.4 Å². The minimum Gasteiger partial charge on any atom is -0.314 e. The van der Waals surface area contributed by atoms with Crippen molar-refractivity contribution in [3.63, 3.8) is 0 Å². The summed E-state index contributed by atoms with van der Waals surface area (Å²) in [7, 11) is -3.23. The second-order valence-corrected chi connectivity index (χ2v) is 9.76. The van der Waals surface area contributed by atoms with Crippen LogP contribution in [0.25, 0.3) is 0 Å². The largest absolute Gasteiger partial charge is 0.325 e. The number of sulfone groups is 1. The third-order valence-electron chi connectivity index (χ3n) is 5.44. The number of fused-ring (bicyclic) bond motifs is 1. The molecule has 0 saturated carbocycles. The van der Waals surface area contributed by atoms with E-state index in [2.05, 4.69) is 6.07 Å². The van der Waals surface area contributed by atoms with Crippen molar-refractivity contribution in [3.05, 3.63) is 64.7 Å². The van der Waals surface area contributed by atoms with Crippen molar-refractivity contribution in [2.45, 2.75) is 32.5 Å². The molecule has 0 aromatic heterocycles. The van der Waals surface area contributed by atoms with Crippen molar-refractivity contribution in [2.24, 2.45) is 0 Å². The Bertz CT molecular complexity index is 1080. The van der Waals surface area contributed by atoms with Gasteiger partial charge >= 0.3 is 6.03 Å². The first-order valence-electron chi connectivity index (χ1n) is 9.15. The lowest BCUT2D eigenvalue weighted by Gasteiger charge is -2.23. The van der Waals surface area contributed by atoms with E-state index < -0.39 is 21.9 Å². The summed E-state index contributed by atoms with van der Waals surface area (Å²) in [6.45, 7) is 4.14. The number of hydrogen-bond acceptors (Lipinski definition) is 4. The van der Waals surface area contributed by atoms with Crippen LogP contribution < -0.4 is 4.90 Å². The number of urea groups is 1. The molecule has 2 atom stereocenters. The zero-order valence-electron chi connectivity index (χ0n) is 15.8. The van der Waals surface area contributed by atoms with E-state index in [1.54, 1.807) is 21.9 Å². The zero-order valence-corrected chi connectivity index (χ0v) is 16.6. The minimum atomic E-state index is -3.23. The molecular weight excluding hydrogens is 374 g/mol. The molecular formula is C21H21N3O3S. The highest BCUT2D eigenvalue weighted by atomic mass is 32.2. The summed E-state index contributed by atoms with van der Waals surface area (Å²) >= 11 is 0. The second-order valence-electron chi connectivity index (χ2n) is 7.61. The van der Waals surface area contributed by atoms with Crippen molar-refractivity contribution in [1.29, 1.82) is 5.26 Å². The Labute approximate surface area is 164 Å². The monoisotopic (exact) mass is 395 g/mol. The standard InChI is InChI=1S/C21H21N3O3S/c1-14-7-15(2)9-18(8-14)24-20-13-28(26,27)12-19(20)23(21(24)25)11-17-6-4-3-5-16(17)10-22/h3-9,19-20H,11-13H2,1-2H3/t19-,20-/m1/s1. The first-order chi connectivity index (χ1) is 13.3. The zero-order chi connectivity index (χ0) is 20.1. The summed E-state index contributed by atoms with van der Waals surface area (Å²) in [4.78, 5) is 16.6. The molecule has 4 rings (SSSR count). The van der Waals surface area contributed by atoms with Crippen LogP contribution in [0.2, 0.25) is 0 Å². The summed E-state index contributed by atoms with van der Waals surface area (Å²) in [5.41, 5.74) is 3.99. The van der Waals surface area contributed by atoms with E-state index in [0.29, 0.717) is 5.56 Å². The molecule has 2 saturated heterocycles. The van der Waals surface area contributed by atoms with Gasteiger partial charge < -0.3 is 4.90 Å². The first kappa shape index (κ1) is 18.5. The van der Waals surface area contributed by atoms with Crippen molar-refractivity contribution < 1.29 is 13.2 Å². The van der Waals surface area contributed by atoms with E-state index in [0.717, 1.165) is 22.4 Å². The topological polar surface area (TPSA) is 81.5 Å². The number of benzene rings is 2. The van der Waals surface area contributed by atoms with Gasteiger partial charge in [0.15, 0.2) is 9.84 Å². The van der Waals surface area contributed by atoms with Crippen LogP contribution in [0, 0.1) is 25.2 Å². The quantitative estimate of drug-likeness (QED) is 0.749. The molecule has 2 aliphatic heterocycles. The highest BCUT2D eigenvalue weighted by Crippen LogP contribution is 2.36. The van der Waals surface area contributed by atoms with E-state index in [1.165, 1.54) is 0 Å². The summed E-state index contributed by atoms with van der Waals surface area (Å²) in [5, 5.41) is 9.36. The van der Waals surface area contributed by atoms with Crippen LogP contribution in [0.4, 0.5) is 10.5 Å². The highest BCUT2D eigenvalue weighted by molar-refractivity contribution is 7.91. The maximum absolute atomic E-state index is 13.3. The summed E-state index contributed by atoms with van der Waals surface area (Å²) < 4.78 is 24.7. The highest BCUT2D eigenvalue weighted by Gasteiger charge is 2.53. The normalized spacial score (nSPS) is 23.0. The Hall–Kier alpha value is -2.85. The lowest BCUT2D eigenvalue weighted by molar-refractivity contribution is 0.206. The number of carbonyl (C=O) groups excluding carboxylic acids is 1. The fraction of sp³-hybridized carbons (Fsp3) is 0.333. The fourth-order valence-corrected chi connectivity index (χ4v) is 6.25. The van der Waals surface area contributed by atoms with Gasteiger partial charge in [0, 0.05) is 12.2 Å². The number of nitriles is 1. The van der Waals surface area contributed by atoms with Gasteiger partial charge in [0.1, 0.15) is 0 Å². The van der Waals surface area contributed by atoms with Crippen LogP contribution in [0.1, 0.15) is 22.3 Å². The molecule has 28 heavy (non-hydrogen) atoms. The number of carbonyl (C=O) groups is 1. The molecule has 0 aliphatic carbocycles. The molecule has 7 heteroatoms. The summed E-state index contributed by atoms with van der Waals surface area (Å²) in [6.07, 6.45) is 0. The van der Waals surface area contributed by atoms with Crippen LogP contribution in [0.3, 0.4) is 0 Å². The number of nitrogens with zero attached hydrogens (tertiary/aromatic N) is 3. The van der Waals surface area contributed by atoms with Gasteiger partial charge in [0.2, 0.25) is 0 Å². The molecule has 6 nitrogen and oxygen atoms in total. The van der Waals surface area contributed by atoms with Gasteiger partial charge in [-0.05, 0) is 48.7 Å². The van der Waals surface area contributed by atoms with E-state index in [4.69, 9.17) is 0 Å². The minimum absolute atomic E-state index is 0.0349. The van der Waals surface area contributed by atoms with E-state index in [1.807, 2.05) is 44.2 Å². The van der Waals surface area contributed by atoms with Crippen molar-refractivity contribution >= 4 is 21.6 Å². The molecule has 2 amide bonds. The number of aryl methyl sites for hydroxylation is 2. The predicted octanol–water partition coefficient (Wildman–Crippen LogP) is 2.78. The van der Waals surface area contributed by atoms with Gasteiger partial charge in [0.25, 0.3) is 0 Å². The molecule has 2 heterocycles. The van der Waals surface area contributed by atoms with Crippen LogP contribution in [-0.4, -0.2) is 42.9 Å². The van der Waals surface area contributed by atoms with Crippen molar-refractivity contribution in [2.75, 3.05) is 16.4 Å². The molecule has 0 N–H and O–H groups in total. The van der Waals surface area contributed by atoms with Gasteiger partial charge in [-0.1, -0.05) is 24.3 Å². The Balaban J connectivity index is 1.76. The van der Waals surface area contributed by atoms with Crippen LogP contribution in [0.5, 0.6) is 0 Å². The first-order valence-corrected chi connectivity index (χ1v) is 11.0. The maximum Gasteiger partial charge on any atom is 0.325 e. The number of amides is 2. The van der Waals surface area contributed by atoms with E-state index in [9.17, 15) is 18.5 Å². The number of anilines is 1. The van der Waals surface area contributed by atoms with Crippen molar-refractivity contribution in [1.82, 2.24) is 4.90 Å². The van der Waals surface area contributed by atoms with Crippen molar-refractivity contribution in [3.8, 4) is 6.07 Å². The average molecular weight is 395 g/mol. The lowest BCUT2D eigenvalue weighted by atomic mass is 10.1. The maximum atomic E-state index is 13.3. The van der Waals surface area contributed by atoms with Gasteiger partial charge in [-0.2, -0.15) is 5.26 Å². The summed E-state index contributed by atoms with van der Waals surface area (Å²) in [6, 6.07) is 14.1. The number of hydrogen-bond donors (Lipinski definition) is 0. The molecule has 2 aromatic carbocycles. The molecule has 0 bridgehead atoms. The molecule has 2 aliphatic rings. The van der Waals surface area contributed by atoms with Gasteiger partial charge in [-0.3, -0.25) is 4.90 Å². The average Bonchev–Trinajstić information content (AvgIpc) is 3.05. The third-order valence-corrected chi connectivity index (χ3v) is 7.14. The molecule has 2 fully saturated rings. The second kappa shape index (κ2) is 6.64. The summed E-state index contributed by atoms with van der Waals surface area (Å²) in [5.74, 6) is -0.0772. The Morgan fingerprint density at radius 2 is 1.71 bits per heavy atom. The van der Waals surface area contributed by atoms with E-state index in [-0.39, 0.29) is 24.1 Å². The SMILES string of the molecule is Cc1cc(C)cc(N2C(=O)N(Cc3ccccc3C#N)[C@@H]3CS(=O)(=O)C[C@H]32)c1. The molecule has 2 aromatic rings. The van der Waals surface area contributed by atoms with E-state index >= 15 is 0 Å². The van der Waals surface area contributed by atoms with Gasteiger partial charge in [-0.15, -0.1) is 0 Å². The van der Waals surface area contributed by atoms with Gasteiger partial charge in [-0.25, -0.2) is 13.2 Å². The Morgan fingerprint density at radius 3 is 2.39 bits per heavy atom. The smallest absolute Gasteiger partial charge is 0.314 e. The lowest BCUT2D eigenvalue weighted by Crippen LogP contribution is -2.37. The van der Waals surface area contributed by atoms with Crippen LogP contribution >= 0.6 is 0 Å². The molecule has 0 unspecified atom stereocenters. The molecule has 0 spiro atoms. The third kappa shape index (κ3) is 3.14. The Morgan fingerprint density at radius 1 is 1.07 bits per heavy atom. The predicted molar refractivity (Wildman–Crippen MR) is 107 cm³/mol. The van der Waals surface area contributed by atoms with Crippen LogP contribution in [0.15, 0.2) is 42.5 Å².